The maximum atomic E-state index is 13.5. The molecule has 4 N–H and O–H groups in total. The number of ether oxygens (including phenoxy) is 1. The highest BCUT2D eigenvalue weighted by Crippen LogP contribution is 2.34. The van der Waals surface area contributed by atoms with Gasteiger partial charge in [0.25, 0.3) is 0 Å². The third-order valence-corrected chi connectivity index (χ3v) is 9.12. The molecule has 0 unspecified atom stereocenters. The van der Waals surface area contributed by atoms with Gasteiger partial charge in [-0.2, -0.15) is 18.2 Å². The average molecular weight is 668 g/mol. The Balaban J connectivity index is 1.45. The molecule has 0 saturated heterocycles. The van der Waals surface area contributed by atoms with Gasteiger partial charge in [-0.05, 0) is 50.8 Å². The van der Waals surface area contributed by atoms with Crippen molar-refractivity contribution in [2.75, 3.05) is 57.5 Å². The lowest BCUT2D eigenvalue weighted by Crippen LogP contribution is -2.26. The summed E-state index contributed by atoms with van der Waals surface area (Å²) >= 11 is 0. The van der Waals surface area contributed by atoms with Gasteiger partial charge in [-0.3, -0.25) is 0 Å². The van der Waals surface area contributed by atoms with Gasteiger partial charge < -0.3 is 20.3 Å². The van der Waals surface area contributed by atoms with Crippen LogP contribution < -0.4 is 24.8 Å². The minimum Gasteiger partial charge on any atom is -0.492 e. The van der Waals surface area contributed by atoms with Crippen LogP contribution in [-0.4, -0.2) is 78.6 Å². The van der Waals surface area contributed by atoms with Crippen LogP contribution in [0.4, 0.5) is 30.6 Å². The van der Waals surface area contributed by atoms with Gasteiger partial charge in [-0.1, -0.05) is 17.9 Å². The Hall–Kier alpha value is -3.95. The molecule has 1 aromatic heterocycles. The zero-order valence-electron chi connectivity index (χ0n) is 24.4. The van der Waals surface area contributed by atoms with Crippen LogP contribution >= 0.6 is 0 Å². The number of benzene rings is 2. The maximum absolute atomic E-state index is 13.5. The van der Waals surface area contributed by atoms with Crippen LogP contribution in [-0.2, 0) is 26.2 Å². The van der Waals surface area contributed by atoms with Gasteiger partial charge in [0, 0.05) is 44.4 Å². The summed E-state index contributed by atoms with van der Waals surface area (Å²) in [5.41, 5.74) is -0.276. The molecule has 242 valence electrons. The second-order valence-electron chi connectivity index (χ2n) is 10.1. The van der Waals surface area contributed by atoms with E-state index in [4.69, 9.17) is 4.74 Å². The Kier molecular flexibility index (Phi) is 10.9. The molecule has 12 nitrogen and oxygen atoms in total. The van der Waals surface area contributed by atoms with Gasteiger partial charge in [-0.25, -0.2) is 31.3 Å². The van der Waals surface area contributed by atoms with E-state index in [2.05, 4.69) is 41.9 Å². The molecule has 45 heavy (non-hydrogen) atoms. The summed E-state index contributed by atoms with van der Waals surface area (Å²) in [6, 6.07) is 8.57. The number of nitrogens with one attached hydrogen (secondary N) is 4. The number of likely N-dealkylation sites (N-methyl/N-ethyl adjacent to an activating group) is 1. The lowest BCUT2D eigenvalue weighted by Gasteiger charge is -2.15. The van der Waals surface area contributed by atoms with Crippen molar-refractivity contribution in [2.24, 2.45) is 0 Å². The van der Waals surface area contributed by atoms with Gasteiger partial charge in [0.1, 0.15) is 18.2 Å². The van der Waals surface area contributed by atoms with E-state index >= 15 is 0 Å². The predicted molar refractivity (Wildman–Crippen MR) is 162 cm³/mol. The van der Waals surface area contributed by atoms with Crippen LogP contribution in [0.25, 0.3) is 0 Å². The minimum absolute atomic E-state index is 0.0262. The van der Waals surface area contributed by atoms with Crippen LogP contribution in [0.3, 0.4) is 0 Å². The molecule has 3 aromatic rings. The van der Waals surface area contributed by atoms with Crippen molar-refractivity contribution in [2.45, 2.75) is 28.8 Å². The highest BCUT2D eigenvalue weighted by Gasteiger charge is 2.33. The first-order valence-electron chi connectivity index (χ1n) is 13.7. The molecule has 0 amide bonds. The molecule has 0 atom stereocenters. The Morgan fingerprint density at radius 1 is 1.13 bits per heavy atom. The molecule has 0 spiro atoms. The van der Waals surface area contributed by atoms with E-state index < -0.39 is 36.7 Å². The predicted octanol–water partition coefficient (Wildman–Crippen LogP) is 2.99. The number of hydrogen-bond donors (Lipinski definition) is 4. The Labute approximate surface area is 259 Å². The first-order valence-corrected chi connectivity index (χ1v) is 16.7. The number of aromatic nitrogens is 2. The quantitative estimate of drug-likeness (QED) is 0.208. The number of sulfonamides is 2. The van der Waals surface area contributed by atoms with Crippen LogP contribution in [0.1, 0.15) is 24.0 Å². The summed E-state index contributed by atoms with van der Waals surface area (Å²) in [5, 5.41) is 6.08. The molecule has 0 aliphatic carbocycles. The lowest BCUT2D eigenvalue weighted by atomic mass is 10.2. The van der Waals surface area contributed by atoms with E-state index in [0.717, 1.165) is 12.1 Å². The zero-order valence-corrected chi connectivity index (χ0v) is 26.0. The maximum Gasteiger partial charge on any atom is 0.416 e. The highest BCUT2D eigenvalue weighted by atomic mass is 32.2. The topological polar surface area (TPSA) is 155 Å². The van der Waals surface area contributed by atoms with Gasteiger partial charge >= 0.3 is 6.18 Å². The number of nitrogens with zero attached hydrogens (tertiary/aromatic N) is 3. The fourth-order valence-electron chi connectivity index (χ4n) is 3.93. The fourth-order valence-corrected chi connectivity index (χ4v) is 6.14. The van der Waals surface area contributed by atoms with Gasteiger partial charge in [0.15, 0.2) is 0 Å². The minimum atomic E-state index is -4.77. The molecule has 0 fully saturated rings. The summed E-state index contributed by atoms with van der Waals surface area (Å²) in [6.45, 7) is 0.860. The first kappa shape index (κ1) is 33.9. The van der Waals surface area contributed by atoms with Crippen molar-refractivity contribution in [1.82, 2.24) is 24.3 Å². The molecule has 0 radical (unpaired) electrons. The van der Waals surface area contributed by atoms with E-state index in [1.54, 1.807) is 31.1 Å². The summed E-state index contributed by atoms with van der Waals surface area (Å²) in [6.07, 6.45) is -2.84. The molecule has 17 heteroatoms. The lowest BCUT2D eigenvalue weighted by molar-refractivity contribution is -0.137. The number of rotatable bonds is 8. The third kappa shape index (κ3) is 9.77. The first-order chi connectivity index (χ1) is 21.2. The standard InChI is InChI=1S/C28H32F3N7O5S2/c1-38(2)13-14-43-23-15-21(28(29,30)31)16-25(18-23)45(41,42)34-11-4-3-7-20-19-33-27-36-22-8-5-9-24(17-22)44(39,40)35-12-6-10-32-26(20)37-27/h5,8-9,15-19,34-35H,4,6,10-14H2,1-2H3,(H2,32,33,36,37). The third-order valence-electron chi connectivity index (χ3n) is 6.22. The van der Waals surface area contributed by atoms with Crippen LogP contribution in [0.15, 0.2) is 58.5 Å². The van der Waals surface area contributed by atoms with Crippen molar-refractivity contribution in [3.8, 4) is 17.6 Å². The highest BCUT2D eigenvalue weighted by molar-refractivity contribution is 7.89. The van der Waals surface area contributed by atoms with E-state index in [-0.39, 0.29) is 42.7 Å². The number of fused-ring (bicyclic) bond motifs is 4. The van der Waals surface area contributed by atoms with E-state index in [9.17, 15) is 30.0 Å². The molecule has 1 aliphatic rings. The molecule has 4 rings (SSSR count). The number of hydrogen-bond acceptors (Lipinski definition) is 10. The Morgan fingerprint density at radius 3 is 2.69 bits per heavy atom. The van der Waals surface area contributed by atoms with Crippen molar-refractivity contribution in [3.05, 3.63) is 59.8 Å². The van der Waals surface area contributed by atoms with E-state index in [1.165, 1.54) is 18.3 Å². The molecular formula is C28H32F3N7O5S2. The van der Waals surface area contributed by atoms with Crippen LogP contribution in [0, 0.1) is 11.8 Å². The smallest absolute Gasteiger partial charge is 0.416 e. The molecular weight excluding hydrogens is 635 g/mol. The van der Waals surface area contributed by atoms with Crippen LogP contribution in [0.2, 0.25) is 0 Å². The Bertz CT molecular complexity index is 1790. The van der Waals surface area contributed by atoms with Crippen molar-refractivity contribution in [1.29, 1.82) is 0 Å². The molecule has 1 aliphatic heterocycles. The van der Waals surface area contributed by atoms with Crippen molar-refractivity contribution in [3.63, 3.8) is 0 Å². The van der Waals surface area contributed by atoms with E-state index in [0.29, 0.717) is 42.6 Å². The largest absolute Gasteiger partial charge is 0.492 e. The Morgan fingerprint density at radius 2 is 1.93 bits per heavy atom. The molecule has 0 saturated carbocycles. The SMILES string of the molecule is CN(C)CCOc1cc(C(F)(F)F)cc(S(=O)(=O)NCCC#Cc2cnc3nc2NCCCNS(=O)(=O)c2cccc(c2)N3)c1. The summed E-state index contributed by atoms with van der Waals surface area (Å²) in [5.74, 6) is 6.07. The number of alkyl halides is 3. The fraction of sp³-hybridized carbons (Fsp3) is 0.357. The normalized spacial score (nSPS) is 14.9. The average Bonchev–Trinajstić information content (AvgIpc) is 2.97. The second kappa shape index (κ2) is 14.4. The summed E-state index contributed by atoms with van der Waals surface area (Å²) in [4.78, 5) is 9.99. The van der Waals surface area contributed by atoms with Crippen molar-refractivity contribution < 1.29 is 34.7 Å². The van der Waals surface area contributed by atoms with Crippen LogP contribution in [0.5, 0.6) is 5.75 Å². The molecule has 2 aromatic carbocycles. The van der Waals surface area contributed by atoms with Gasteiger partial charge in [0.2, 0.25) is 26.0 Å². The van der Waals surface area contributed by atoms with E-state index in [1.807, 2.05) is 0 Å². The second-order valence-corrected chi connectivity index (χ2v) is 13.6. The summed E-state index contributed by atoms with van der Waals surface area (Å²) in [7, 11) is -4.48. The molecule has 2 heterocycles. The van der Waals surface area contributed by atoms with Crippen molar-refractivity contribution >= 4 is 37.5 Å². The number of anilines is 3. The van der Waals surface area contributed by atoms with Gasteiger partial charge in [0.05, 0.1) is 27.1 Å². The summed E-state index contributed by atoms with van der Waals surface area (Å²) < 4.78 is 101. The van der Waals surface area contributed by atoms with Gasteiger partial charge in [-0.15, -0.1) is 0 Å². The monoisotopic (exact) mass is 667 g/mol. The number of halogens is 3. The zero-order chi connectivity index (χ0) is 32.7. The molecule has 4 bridgehead atoms.